The number of benzene rings is 2. The Labute approximate surface area is 203 Å². The molecule has 35 heavy (non-hydrogen) atoms. The van der Waals surface area contributed by atoms with Gasteiger partial charge in [0.15, 0.2) is 5.13 Å². The number of nitrogens with zero attached hydrogens (tertiary/aromatic N) is 3. The van der Waals surface area contributed by atoms with Gasteiger partial charge >= 0.3 is 0 Å². The normalized spacial score (nSPS) is 13.1. The lowest BCUT2D eigenvalue weighted by atomic mass is 10.0. The van der Waals surface area contributed by atoms with Crippen molar-refractivity contribution in [2.45, 2.75) is 12.6 Å². The molecule has 0 spiro atoms. The van der Waals surface area contributed by atoms with Gasteiger partial charge in [-0.05, 0) is 48.0 Å². The molecule has 0 bridgehead atoms. The van der Waals surface area contributed by atoms with Crippen LogP contribution in [0.5, 0.6) is 5.75 Å². The standard InChI is InChI=1S/C26H17FN4O3S/c27-19-7-8-22(32)21(13-19)23(24(33)30-26-29-10-11-35-26)31-15-18-6-5-16(12-20(18)25(31)34)3-4-17-2-1-9-28-14-17/h1-2,5-14,23,32H,15H2,(H,29,30,33)/t23-/m1/s1. The van der Waals surface area contributed by atoms with E-state index < -0.39 is 23.7 Å². The van der Waals surface area contributed by atoms with E-state index in [1.54, 1.807) is 42.0 Å². The Morgan fingerprint density at radius 2 is 2.00 bits per heavy atom. The van der Waals surface area contributed by atoms with Gasteiger partial charge in [0.25, 0.3) is 11.8 Å². The van der Waals surface area contributed by atoms with E-state index in [1.807, 2.05) is 6.07 Å². The summed E-state index contributed by atoms with van der Waals surface area (Å²) in [5, 5.41) is 15.1. The number of anilines is 1. The minimum absolute atomic E-state index is 0.0168. The lowest BCUT2D eigenvalue weighted by molar-refractivity contribution is -0.120. The van der Waals surface area contributed by atoms with Crippen LogP contribution in [0.3, 0.4) is 0 Å². The van der Waals surface area contributed by atoms with Gasteiger partial charge in [-0.2, -0.15) is 0 Å². The molecule has 172 valence electrons. The highest BCUT2D eigenvalue weighted by Gasteiger charge is 2.39. The molecule has 5 rings (SSSR count). The topological polar surface area (TPSA) is 95.4 Å². The molecule has 7 nitrogen and oxygen atoms in total. The molecule has 2 N–H and O–H groups in total. The van der Waals surface area contributed by atoms with Crippen molar-refractivity contribution < 1.29 is 19.1 Å². The second kappa shape index (κ2) is 9.37. The lowest BCUT2D eigenvalue weighted by Crippen LogP contribution is -2.37. The van der Waals surface area contributed by atoms with Crippen LogP contribution in [0.2, 0.25) is 0 Å². The van der Waals surface area contributed by atoms with Crippen LogP contribution in [0, 0.1) is 17.7 Å². The number of aromatic nitrogens is 2. The summed E-state index contributed by atoms with van der Waals surface area (Å²) in [4.78, 5) is 36.1. The number of amides is 2. The lowest BCUT2D eigenvalue weighted by Gasteiger charge is -2.27. The summed E-state index contributed by atoms with van der Waals surface area (Å²) in [5.41, 5.74) is 2.44. The Morgan fingerprint density at radius 3 is 2.77 bits per heavy atom. The maximum Gasteiger partial charge on any atom is 0.255 e. The monoisotopic (exact) mass is 484 g/mol. The van der Waals surface area contributed by atoms with Gasteiger partial charge in [0.1, 0.15) is 17.6 Å². The number of halogens is 1. The third-order valence-corrected chi connectivity index (χ3v) is 6.15. The SMILES string of the molecule is O=C(Nc1nccs1)[C@@H](c1cc(F)ccc1O)N1Cc2ccc(C#Cc3cccnc3)cc2C1=O. The molecule has 4 aromatic rings. The Kier molecular flexibility index (Phi) is 5.95. The molecule has 0 radical (unpaired) electrons. The van der Waals surface area contributed by atoms with E-state index in [2.05, 4.69) is 27.1 Å². The molecule has 1 aliphatic heterocycles. The van der Waals surface area contributed by atoms with Crippen molar-refractivity contribution in [3.8, 4) is 17.6 Å². The van der Waals surface area contributed by atoms with Gasteiger partial charge in [0, 0.05) is 52.8 Å². The summed E-state index contributed by atoms with van der Waals surface area (Å²) >= 11 is 1.20. The fourth-order valence-electron chi connectivity index (χ4n) is 3.84. The second-order valence-corrected chi connectivity index (χ2v) is 8.62. The number of rotatable bonds is 4. The highest BCUT2D eigenvalue weighted by Crippen LogP contribution is 2.36. The number of carbonyl (C=O) groups is 2. The highest BCUT2D eigenvalue weighted by atomic mass is 32.1. The molecule has 0 aliphatic carbocycles. The molecule has 1 atom stereocenters. The first-order valence-corrected chi connectivity index (χ1v) is 11.4. The predicted molar refractivity (Wildman–Crippen MR) is 128 cm³/mol. The molecular formula is C26H17FN4O3S. The van der Waals surface area contributed by atoms with Crippen LogP contribution in [0.1, 0.15) is 38.7 Å². The minimum Gasteiger partial charge on any atom is -0.508 e. The minimum atomic E-state index is -1.28. The summed E-state index contributed by atoms with van der Waals surface area (Å²) in [6.45, 7) is 0.108. The molecule has 0 saturated heterocycles. The molecule has 2 aromatic carbocycles. The molecule has 1 aliphatic rings. The van der Waals surface area contributed by atoms with E-state index in [0.717, 1.165) is 23.8 Å². The fourth-order valence-corrected chi connectivity index (χ4v) is 4.38. The van der Waals surface area contributed by atoms with Crippen molar-refractivity contribution >= 4 is 28.3 Å². The number of nitrogens with one attached hydrogen (secondary N) is 1. The molecule has 3 heterocycles. The van der Waals surface area contributed by atoms with Gasteiger partial charge in [-0.3, -0.25) is 19.9 Å². The van der Waals surface area contributed by atoms with E-state index in [0.29, 0.717) is 21.8 Å². The first-order valence-electron chi connectivity index (χ1n) is 10.5. The average Bonchev–Trinajstić information content (AvgIpc) is 3.49. The van der Waals surface area contributed by atoms with Gasteiger partial charge < -0.3 is 10.0 Å². The summed E-state index contributed by atoms with van der Waals surface area (Å²) in [6.07, 6.45) is 4.83. The largest absolute Gasteiger partial charge is 0.508 e. The van der Waals surface area contributed by atoms with Crippen LogP contribution in [-0.4, -0.2) is 31.8 Å². The summed E-state index contributed by atoms with van der Waals surface area (Å²) in [6, 6.07) is 10.9. The van der Waals surface area contributed by atoms with Gasteiger partial charge in [-0.15, -0.1) is 11.3 Å². The number of fused-ring (bicyclic) bond motifs is 1. The summed E-state index contributed by atoms with van der Waals surface area (Å²) < 4.78 is 14.1. The maximum absolute atomic E-state index is 14.1. The highest BCUT2D eigenvalue weighted by molar-refractivity contribution is 7.13. The molecule has 9 heteroatoms. The number of pyridine rings is 1. The van der Waals surface area contributed by atoms with Crippen LogP contribution in [0.4, 0.5) is 9.52 Å². The number of thiazole rings is 1. The van der Waals surface area contributed by atoms with Crippen molar-refractivity contribution in [2.75, 3.05) is 5.32 Å². The van der Waals surface area contributed by atoms with Gasteiger partial charge in [0.2, 0.25) is 0 Å². The number of carbonyl (C=O) groups excluding carboxylic acids is 2. The van der Waals surface area contributed by atoms with Crippen molar-refractivity contribution in [2.24, 2.45) is 0 Å². The number of phenolic OH excluding ortho intramolecular Hbond substituents is 1. The summed E-state index contributed by atoms with van der Waals surface area (Å²) in [5.74, 6) is 4.05. The number of hydrogen-bond donors (Lipinski definition) is 2. The Balaban J connectivity index is 1.49. The van der Waals surface area contributed by atoms with E-state index in [4.69, 9.17) is 0 Å². The van der Waals surface area contributed by atoms with E-state index in [9.17, 15) is 19.1 Å². The Bertz CT molecular complexity index is 1480. The molecule has 0 unspecified atom stereocenters. The van der Waals surface area contributed by atoms with Crippen molar-refractivity contribution in [1.82, 2.24) is 14.9 Å². The van der Waals surface area contributed by atoms with E-state index in [-0.39, 0.29) is 17.9 Å². The van der Waals surface area contributed by atoms with Crippen LogP contribution in [0.15, 0.2) is 72.5 Å². The number of hydrogen-bond acceptors (Lipinski definition) is 6. The third kappa shape index (κ3) is 4.60. The van der Waals surface area contributed by atoms with Crippen molar-refractivity contribution in [1.29, 1.82) is 0 Å². The third-order valence-electron chi connectivity index (χ3n) is 5.46. The quantitative estimate of drug-likeness (QED) is 0.425. The van der Waals surface area contributed by atoms with Gasteiger partial charge in [0.05, 0.1) is 0 Å². The predicted octanol–water partition coefficient (Wildman–Crippen LogP) is 4.12. The molecule has 0 fully saturated rings. The zero-order chi connectivity index (χ0) is 24.4. The molecular weight excluding hydrogens is 467 g/mol. The van der Waals surface area contributed by atoms with Crippen LogP contribution in [0.25, 0.3) is 0 Å². The zero-order valence-electron chi connectivity index (χ0n) is 18.1. The fraction of sp³-hybridized carbons (Fsp3) is 0.0769. The molecule has 2 aromatic heterocycles. The molecule has 0 saturated carbocycles. The van der Waals surface area contributed by atoms with Crippen molar-refractivity contribution in [3.05, 3.63) is 106 Å². The molecule has 2 amide bonds. The van der Waals surface area contributed by atoms with E-state index in [1.165, 1.54) is 22.4 Å². The second-order valence-electron chi connectivity index (χ2n) is 7.73. The van der Waals surface area contributed by atoms with Crippen LogP contribution in [-0.2, 0) is 11.3 Å². The van der Waals surface area contributed by atoms with Gasteiger partial charge in [-0.25, -0.2) is 9.37 Å². The first kappa shape index (κ1) is 22.3. The van der Waals surface area contributed by atoms with Gasteiger partial charge in [-0.1, -0.05) is 17.9 Å². The maximum atomic E-state index is 14.1. The Morgan fingerprint density at radius 1 is 1.14 bits per heavy atom. The number of aromatic hydroxyl groups is 1. The van der Waals surface area contributed by atoms with Crippen LogP contribution < -0.4 is 5.32 Å². The van der Waals surface area contributed by atoms with Crippen LogP contribution >= 0.6 is 11.3 Å². The van der Waals surface area contributed by atoms with Crippen molar-refractivity contribution in [3.63, 3.8) is 0 Å². The van der Waals surface area contributed by atoms with E-state index >= 15 is 0 Å². The first-order chi connectivity index (χ1) is 17.0. The summed E-state index contributed by atoms with van der Waals surface area (Å²) in [7, 11) is 0. The number of phenols is 1. The Hall–Kier alpha value is -4.55. The smallest absolute Gasteiger partial charge is 0.255 e. The zero-order valence-corrected chi connectivity index (χ0v) is 18.9. The average molecular weight is 485 g/mol.